The van der Waals surface area contributed by atoms with Gasteiger partial charge in [0.1, 0.15) is 0 Å². The van der Waals surface area contributed by atoms with Crippen LogP contribution in [0.4, 0.5) is 0 Å². The molecule has 1 unspecified atom stereocenters. The van der Waals surface area contributed by atoms with E-state index < -0.39 is 6.29 Å². The van der Waals surface area contributed by atoms with Gasteiger partial charge in [-0.15, -0.1) is 0 Å². The first-order valence-corrected chi connectivity index (χ1v) is 4.43. The lowest BCUT2D eigenvalue weighted by Gasteiger charge is -2.04. The Kier molecular flexibility index (Phi) is 4.15. The molecule has 0 aliphatic rings. The van der Waals surface area contributed by atoms with Gasteiger partial charge in [0, 0.05) is 7.11 Å². The summed E-state index contributed by atoms with van der Waals surface area (Å²) in [6.07, 6.45) is 2.24. The summed E-state index contributed by atoms with van der Waals surface area (Å²) >= 11 is 0. The Balaban J connectivity index is 2.82. The Hall–Kier alpha value is -1.52. The summed E-state index contributed by atoms with van der Waals surface area (Å²) < 4.78 is 9.58. The van der Waals surface area contributed by atoms with E-state index in [1.54, 1.807) is 18.2 Å². The molecule has 0 bridgehead atoms. The second-order valence-corrected chi connectivity index (χ2v) is 2.92. The molecule has 82 valence electrons. The molecule has 15 heavy (non-hydrogen) atoms. The molecule has 0 amide bonds. The second-order valence-electron chi connectivity index (χ2n) is 2.92. The van der Waals surface area contributed by atoms with E-state index in [1.807, 2.05) is 0 Å². The van der Waals surface area contributed by atoms with E-state index in [2.05, 4.69) is 4.74 Å². The number of benzene rings is 1. The van der Waals surface area contributed by atoms with Crippen molar-refractivity contribution < 1.29 is 19.7 Å². The van der Waals surface area contributed by atoms with E-state index in [0.717, 1.165) is 5.56 Å². The van der Waals surface area contributed by atoms with E-state index in [-0.39, 0.29) is 5.75 Å². The Morgan fingerprint density at radius 3 is 2.67 bits per heavy atom. The van der Waals surface area contributed by atoms with E-state index in [4.69, 9.17) is 9.84 Å². The molecule has 0 aromatic heterocycles. The minimum atomic E-state index is -0.926. The molecule has 0 aliphatic carbocycles. The summed E-state index contributed by atoms with van der Waals surface area (Å²) in [5, 5.41) is 18.4. The molecule has 0 aliphatic heterocycles. The highest BCUT2D eigenvalue weighted by atomic mass is 16.6. The number of aliphatic hydroxyl groups excluding tert-OH is 1. The van der Waals surface area contributed by atoms with Crippen LogP contribution in [0.1, 0.15) is 5.56 Å². The van der Waals surface area contributed by atoms with Crippen LogP contribution in [-0.2, 0) is 4.74 Å². The Morgan fingerprint density at radius 1 is 1.33 bits per heavy atom. The number of aromatic hydroxyl groups is 1. The van der Waals surface area contributed by atoms with Gasteiger partial charge >= 0.3 is 0 Å². The number of phenolic OH excluding ortho intramolecular Hbond substituents is 1. The maximum absolute atomic E-state index is 9.34. The highest BCUT2D eigenvalue weighted by Crippen LogP contribution is 2.26. The fraction of sp³-hybridized carbons (Fsp3) is 0.273. The van der Waals surface area contributed by atoms with E-state index in [1.165, 1.54) is 26.4 Å². The molecule has 1 aromatic carbocycles. The van der Waals surface area contributed by atoms with Crippen molar-refractivity contribution in [3.8, 4) is 11.5 Å². The fourth-order valence-electron chi connectivity index (χ4n) is 1.07. The summed E-state index contributed by atoms with van der Waals surface area (Å²) in [4.78, 5) is 0. The third-order valence-corrected chi connectivity index (χ3v) is 1.90. The molecule has 0 heterocycles. The van der Waals surface area contributed by atoms with Gasteiger partial charge < -0.3 is 19.7 Å². The highest BCUT2D eigenvalue weighted by Gasteiger charge is 2.00. The van der Waals surface area contributed by atoms with Crippen molar-refractivity contribution in [2.75, 3.05) is 14.2 Å². The molecule has 0 radical (unpaired) electrons. The standard InChI is InChI=1S/C11H14O4/c1-14-10-7-8(3-5-9(10)12)4-6-11(13)15-2/h3-7,11-13H,1-2H3/b6-4+. The van der Waals surface area contributed by atoms with Crippen LogP contribution in [-0.4, -0.2) is 30.7 Å². The predicted molar refractivity (Wildman–Crippen MR) is 56.7 cm³/mol. The molecule has 1 rings (SSSR count). The third kappa shape index (κ3) is 3.27. The van der Waals surface area contributed by atoms with Crippen LogP contribution in [0.15, 0.2) is 24.3 Å². The fourth-order valence-corrected chi connectivity index (χ4v) is 1.07. The maximum Gasteiger partial charge on any atom is 0.174 e. The predicted octanol–water partition coefficient (Wildman–Crippen LogP) is 1.38. The monoisotopic (exact) mass is 210 g/mol. The van der Waals surface area contributed by atoms with Gasteiger partial charge in [0.05, 0.1) is 7.11 Å². The van der Waals surface area contributed by atoms with Gasteiger partial charge in [-0.3, -0.25) is 0 Å². The van der Waals surface area contributed by atoms with Crippen molar-refractivity contribution >= 4 is 6.08 Å². The zero-order valence-corrected chi connectivity index (χ0v) is 8.68. The highest BCUT2D eigenvalue weighted by molar-refractivity contribution is 5.55. The third-order valence-electron chi connectivity index (χ3n) is 1.90. The number of ether oxygens (including phenoxy) is 2. The molecule has 1 atom stereocenters. The van der Waals surface area contributed by atoms with Crippen LogP contribution in [0.5, 0.6) is 11.5 Å². The van der Waals surface area contributed by atoms with Crippen LogP contribution in [0.2, 0.25) is 0 Å². The summed E-state index contributed by atoms with van der Waals surface area (Å²) in [5.74, 6) is 0.478. The Bertz CT molecular complexity index is 346. The number of phenols is 1. The Morgan fingerprint density at radius 2 is 2.07 bits per heavy atom. The molecule has 2 N–H and O–H groups in total. The first-order valence-electron chi connectivity index (χ1n) is 4.43. The van der Waals surface area contributed by atoms with Gasteiger partial charge in [-0.2, -0.15) is 0 Å². The van der Waals surface area contributed by atoms with E-state index >= 15 is 0 Å². The van der Waals surface area contributed by atoms with Gasteiger partial charge in [0.25, 0.3) is 0 Å². The molecule has 0 fully saturated rings. The van der Waals surface area contributed by atoms with Crippen molar-refractivity contribution in [2.24, 2.45) is 0 Å². The molecule has 0 spiro atoms. The molecule has 0 saturated heterocycles. The van der Waals surface area contributed by atoms with Gasteiger partial charge in [-0.05, 0) is 23.8 Å². The SMILES string of the molecule is COc1cc(/C=C/C(O)OC)ccc1O. The summed E-state index contributed by atoms with van der Waals surface area (Å²) in [7, 11) is 2.89. The smallest absolute Gasteiger partial charge is 0.174 e. The lowest BCUT2D eigenvalue weighted by Crippen LogP contribution is -2.03. The van der Waals surface area contributed by atoms with Gasteiger partial charge in [0.15, 0.2) is 17.8 Å². The van der Waals surface area contributed by atoms with Crippen LogP contribution < -0.4 is 4.74 Å². The van der Waals surface area contributed by atoms with Crippen molar-refractivity contribution in [1.29, 1.82) is 0 Å². The minimum Gasteiger partial charge on any atom is -0.504 e. The second kappa shape index (κ2) is 5.38. The zero-order chi connectivity index (χ0) is 11.3. The number of aliphatic hydroxyl groups is 1. The number of methoxy groups -OCH3 is 2. The number of rotatable bonds is 4. The number of hydrogen-bond donors (Lipinski definition) is 2. The molecule has 1 aromatic rings. The van der Waals surface area contributed by atoms with Crippen molar-refractivity contribution in [3.05, 3.63) is 29.8 Å². The topological polar surface area (TPSA) is 58.9 Å². The summed E-state index contributed by atoms with van der Waals surface area (Å²) in [6.45, 7) is 0. The van der Waals surface area contributed by atoms with Crippen LogP contribution >= 0.6 is 0 Å². The van der Waals surface area contributed by atoms with Gasteiger partial charge in [-0.25, -0.2) is 0 Å². The van der Waals surface area contributed by atoms with Gasteiger partial charge in [0.2, 0.25) is 0 Å². The average molecular weight is 210 g/mol. The van der Waals surface area contributed by atoms with Crippen molar-refractivity contribution in [2.45, 2.75) is 6.29 Å². The van der Waals surface area contributed by atoms with Crippen LogP contribution in [0.3, 0.4) is 0 Å². The normalized spacial score (nSPS) is 13.0. The minimum absolute atomic E-state index is 0.0851. The lowest BCUT2D eigenvalue weighted by molar-refractivity contribution is -0.0350. The molecule has 4 heteroatoms. The first-order chi connectivity index (χ1) is 7.17. The quantitative estimate of drug-likeness (QED) is 0.737. The number of hydrogen-bond acceptors (Lipinski definition) is 4. The molecular weight excluding hydrogens is 196 g/mol. The van der Waals surface area contributed by atoms with Crippen molar-refractivity contribution in [1.82, 2.24) is 0 Å². The van der Waals surface area contributed by atoms with E-state index in [9.17, 15) is 5.11 Å². The van der Waals surface area contributed by atoms with Crippen molar-refractivity contribution in [3.63, 3.8) is 0 Å². The molecule has 0 saturated carbocycles. The summed E-state index contributed by atoms with van der Waals surface area (Å²) in [5.41, 5.74) is 0.806. The lowest BCUT2D eigenvalue weighted by atomic mass is 10.2. The summed E-state index contributed by atoms with van der Waals surface area (Å²) in [6, 6.07) is 4.89. The largest absolute Gasteiger partial charge is 0.504 e. The Labute approximate surface area is 88.4 Å². The molecule has 4 nitrogen and oxygen atoms in total. The first kappa shape index (κ1) is 11.6. The van der Waals surface area contributed by atoms with E-state index in [0.29, 0.717) is 5.75 Å². The zero-order valence-electron chi connectivity index (χ0n) is 8.68. The molecular formula is C11H14O4. The maximum atomic E-state index is 9.34. The van der Waals surface area contributed by atoms with Crippen LogP contribution in [0, 0.1) is 0 Å². The van der Waals surface area contributed by atoms with Gasteiger partial charge in [-0.1, -0.05) is 12.1 Å². The van der Waals surface area contributed by atoms with Crippen LogP contribution in [0.25, 0.3) is 6.08 Å². The average Bonchev–Trinajstić information content (AvgIpc) is 2.27.